The Labute approximate surface area is 177 Å². The Hall–Kier alpha value is -2.91. The van der Waals surface area contributed by atoms with Crippen molar-refractivity contribution in [3.05, 3.63) is 59.3 Å². The third-order valence-corrected chi connectivity index (χ3v) is 6.27. The first kappa shape index (κ1) is 23.4. The predicted molar refractivity (Wildman–Crippen MR) is 114 cm³/mol. The summed E-state index contributed by atoms with van der Waals surface area (Å²) in [5.74, 6) is 1.01. The monoisotopic (exact) mass is 433 g/mol. The first-order valence-corrected chi connectivity index (χ1v) is 10.9. The summed E-state index contributed by atoms with van der Waals surface area (Å²) in [5, 5.41) is 5.95. The van der Waals surface area contributed by atoms with Crippen LogP contribution >= 0.6 is 0 Å². The van der Waals surface area contributed by atoms with Gasteiger partial charge in [-0.2, -0.15) is 0 Å². The van der Waals surface area contributed by atoms with Crippen LogP contribution in [-0.4, -0.2) is 38.9 Å². The largest absolute Gasteiger partial charge is 0.464 e. The molecule has 2 N–H and O–H groups in total. The molecule has 1 atom stereocenters. The number of hydrogen-bond donors (Lipinski definition) is 2. The Balaban J connectivity index is 2.40. The third kappa shape index (κ3) is 5.37. The highest BCUT2D eigenvalue weighted by Crippen LogP contribution is 2.23. The summed E-state index contributed by atoms with van der Waals surface area (Å²) in [6.07, 6.45) is 1.18. The summed E-state index contributed by atoms with van der Waals surface area (Å²) in [6.45, 7) is 5.07. The van der Waals surface area contributed by atoms with Gasteiger partial charge >= 0.3 is 0 Å². The van der Waals surface area contributed by atoms with Crippen LogP contribution in [0.4, 0.5) is 5.69 Å². The van der Waals surface area contributed by atoms with E-state index in [1.807, 2.05) is 26.0 Å². The van der Waals surface area contributed by atoms with Gasteiger partial charge in [-0.05, 0) is 43.7 Å². The molecule has 0 radical (unpaired) electrons. The van der Waals surface area contributed by atoms with Crippen LogP contribution < -0.4 is 10.6 Å². The average Bonchev–Trinajstić information content (AvgIpc) is 3.13. The van der Waals surface area contributed by atoms with E-state index in [9.17, 15) is 18.0 Å². The second kappa shape index (κ2) is 9.73. The standard InChI is InChI=1S/C21H27N3O5S/c1-6-18(20-11-10-14(2)29-20)23-19(13-25)21(15(3)26)22-16-8-7-9-17(12-16)30(27,28)24(4)5/h7-13,18,22-23H,6H2,1-5H3/b21-19-/t18-/m1/s1. The van der Waals surface area contributed by atoms with E-state index in [1.54, 1.807) is 12.1 Å². The molecule has 0 unspecified atom stereocenters. The van der Waals surface area contributed by atoms with Gasteiger partial charge in [0.15, 0.2) is 12.1 Å². The number of anilines is 1. The van der Waals surface area contributed by atoms with Crippen LogP contribution in [0, 0.1) is 6.92 Å². The van der Waals surface area contributed by atoms with Gasteiger partial charge in [0.25, 0.3) is 0 Å². The van der Waals surface area contributed by atoms with Crippen molar-refractivity contribution in [3.63, 3.8) is 0 Å². The first-order valence-electron chi connectivity index (χ1n) is 9.43. The number of rotatable bonds is 10. The molecule has 1 aromatic heterocycles. The number of nitrogens with zero attached hydrogens (tertiary/aromatic N) is 1. The summed E-state index contributed by atoms with van der Waals surface area (Å²) < 4.78 is 31.5. The number of hydrogen-bond acceptors (Lipinski definition) is 7. The Bertz CT molecular complexity index is 1050. The molecule has 2 rings (SSSR count). The lowest BCUT2D eigenvalue weighted by Crippen LogP contribution is -2.26. The van der Waals surface area contributed by atoms with Gasteiger partial charge in [0, 0.05) is 26.7 Å². The summed E-state index contributed by atoms with van der Waals surface area (Å²) in [5.41, 5.74) is 0.460. The molecule has 0 amide bonds. The highest BCUT2D eigenvalue weighted by atomic mass is 32.2. The van der Waals surface area contributed by atoms with Crippen molar-refractivity contribution in [2.45, 2.75) is 38.1 Å². The van der Waals surface area contributed by atoms with Gasteiger partial charge in [-0.25, -0.2) is 12.7 Å². The molecule has 162 valence electrons. The fraction of sp³-hybridized carbons (Fsp3) is 0.333. The van der Waals surface area contributed by atoms with Gasteiger partial charge in [0.2, 0.25) is 10.0 Å². The summed E-state index contributed by atoms with van der Waals surface area (Å²) in [6, 6.07) is 9.38. The number of benzene rings is 1. The minimum Gasteiger partial charge on any atom is -0.464 e. The van der Waals surface area contributed by atoms with E-state index < -0.39 is 10.0 Å². The minimum absolute atomic E-state index is 0.0335. The Kier molecular flexibility index (Phi) is 7.58. The van der Waals surface area contributed by atoms with E-state index >= 15 is 0 Å². The van der Waals surface area contributed by atoms with Gasteiger partial charge in [0.1, 0.15) is 22.9 Å². The van der Waals surface area contributed by atoms with Crippen LogP contribution in [0.2, 0.25) is 0 Å². The number of furan rings is 1. The molecule has 0 saturated heterocycles. The smallest absolute Gasteiger partial charge is 0.242 e. The summed E-state index contributed by atoms with van der Waals surface area (Å²) in [4.78, 5) is 24.1. The van der Waals surface area contributed by atoms with E-state index in [2.05, 4.69) is 10.6 Å². The number of carbonyl (C=O) groups is 2. The zero-order valence-corrected chi connectivity index (χ0v) is 18.5. The molecule has 0 aliphatic carbocycles. The molecular formula is C21H27N3O5S. The minimum atomic E-state index is -3.64. The Morgan fingerprint density at radius 3 is 2.43 bits per heavy atom. The van der Waals surface area contributed by atoms with Crippen molar-refractivity contribution < 1.29 is 22.4 Å². The molecule has 0 bridgehead atoms. The molecule has 0 fully saturated rings. The maximum absolute atomic E-state index is 12.4. The molecule has 0 aliphatic heterocycles. The molecule has 1 heterocycles. The van der Waals surface area contributed by atoms with Crippen molar-refractivity contribution in [1.29, 1.82) is 0 Å². The van der Waals surface area contributed by atoms with Crippen molar-refractivity contribution >= 4 is 27.8 Å². The van der Waals surface area contributed by atoms with E-state index in [1.165, 1.54) is 33.2 Å². The maximum Gasteiger partial charge on any atom is 0.242 e. The van der Waals surface area contributed by atoms with Crippen LogP contribution in [0.15, 0.2) is 57.1 Å². The number of allylic oxidation sites excluding steroid dienone is 2. The predicted octanol–water partition coefficient (Wildman–Crippen LogP) is 2.99. The zero-order chi connectivity index (χ0) is 22.5. The van der Waals surface area contributed by atoms with Gasteiger partial charge in [-0.3, -0.25) is 9.59 Å². The SMILES string of the molecule is CC[C@@H](N/C(C=O)=C(\Nc1cccc(S(=O)(=O)N(C)C)c1)C(C)=O)c1ccc(C)o1. The number of Topliss-reactive ketones (excluding diaryl/α,β-unsaturated/α-hetero) is 1. The molecule has 8 nitrogen and oxygen atoms in total. The van der Waals surface area contributed by atoms with Crippen LogP contribution in [0.25, 0.3) is 0 Å². The lowest BCUT2D eigenvalue weighted by Gasteiger charge is -2.19. The summed E-state index contributed by atoms with van der Waals surface area (Å²) >= 11 is 0. The first-order chi connectivity index (χ1) is 14.1. The molecule has 30 heavy (non-hydrogen) atoms. The fourth-order valence-corrected chi connectivity index (χ4v) is 3.75. The van der Waals surface area contributed by atoms with Crippen molar-refractivity contribution in [2.24, 2.45) is 0 Å². The van der Waals surface area contributed by atoms with Crippen LogP contribution in [0.3, 0.4) is 0 Å². The number of aldehydes is 1. The zero-order valence-electron chi connectivity index (χ0n) is 17.7. The number of aryl methyl sites for hydroxylation is 1. The lowest BCUT2D eigenvalue weighted by atomic mass is 10.1. The molecule has 0 spiro atoms. The van der Waals surface area contributed by atoms with Gasteiger partial charge in [-0.1, -0.05) is 13.0 Å². The maximum atomic E-state index is 12.4. The van der Waals surface area contributed by atoms with Crippen molar-refractivity contribution in [3.8, 4) is 0 Å². The highest BCUT2D eigenvalue weighted by Gasteiger charge is 2.20. The second-order valence-electron chi connectivity index (χ2n) is 6.96. The van der Waals surface area contributed by atoms with Gasteiger partial charge in [0.05, 0.1) is 10.9 Å². The molecule has 0 saturated carbocycles. The highest BCUT2D eigenvalue weighted by molar-refractivity contribution is 7.89. The number of ketones is 1. The quantitative estimate of drug-likeness (QED) is 0.438. The van der Waals surface area contributed by atoms with Crippen molar-refractivity contribution in [1.82, 2.24) is 9.62 Å². The normalized spacial score (nSPS) is 13.5. The van der Waals surface area contributed by atoms with Crippen molar-refractivity contribution in [2.75, 3.05) is 19.4 Å². The third-order valence-electron chi connectivity index (χ3n) is 4.46. The second-order valence-corrected chi connectivity index (χ2v) is 9.11. The molecular weight excluding hydrogens is 406 g/mol. The molecule has 1 aromatic carbocycles. The average molecular weight is 434 g/mol. The lowest BCUT2D eigenvalue weighted by molar-refractivity contribution is -0.114. The number of sulfonamides is 1. The molecule has 2 aromatic rings. The fourth-order valence-electron chi connectivity index (χ4n) is 2.80. The van der Waals surface area contributed by atoms with E-state index in [0.717, 1.165) is 10.1 Å². The number of nitrogens with one attached hydrogen (secondary N) is 2. The topological polar surface area (TPSA) is 109 Å². The van der Waals surface area contributed by atoms with E-state index in [0.29, 0.717) is 24.2 Å². The summed E-state index contributed by atoms with van der Waals surface area (Å²) in [7, 11) is -0.770. The Morgan fingerprint density at radius 2 is 1.93 bits per heavy atom. The van der Waals surface area contributed by atoms with E-state index in [4.69, 9.17) is 4.42 Å². The van der Waals surface area contributed by atoms with E-state index in [-0.39, 0.29) is 28.1 Å². The Morgan fingerprint density at radius 1 is 1.23 bits per heavy atom. The van der Waals surface area contributed by atoms with Gasteiger partial charge in [-0.15, -0.1) is 0 Å². The molecule has 0 aliphatic rings. The number of carbonyl (C=O) groups excluding carboxylic acids is 2. The molecule has 9 heteroatoms. The van der Waals surface area contributed by atoms with Crippen LogP contribution in [0.5, 0.6) is 0 Å². The van der Waals surface area contributed by atoms with Gasteiger partial charge < -0.3 is 15.1 Å². The van der Waals surface area contributed by atoms with Crippen LogP contribution in [0.1, 0.15) is 37.8 Å². The van der Waals surface area contributed by atoms with Crippen LogP contribution in [-0.2, 0) is 19.6 Å².